The van der Waals surface area contributed by atoms with Crippen LogP contribution in [0.15, 0.2) is 109 Å². The van der Waals surface area contributed by atoms with Gasteiger partial charge in [-0.25, -0.2) is 0 Å². The lowest BCUT2D eigenvalue weighted by Gasteiger charge is -2.39. The van der Waals surface area contributed by atoms with E-state index in [0.717, 1.165) is 0 Å². The van der Waals surface area contributed by atoms with Gasteiger partial charge in [0.25, 0.3) is 0 Å². The number of allylic oxidation sites excluding steroid dienone is 2. The highest BCUT2D eigenvalue weighted by Crippen LogP contribution is 2.54. The maximum atomic E-state index is 2.52. The van der Waals surface area contributed by atoms with E-state index < -0.39 is 0 Å². The van der Waals surface area contributed by atoms with E-state index in [2.05, 4.69) is 139 Å². The number of hydrogen-bond acceptors (Lipinski definition) is 1. The van der Waals surface area contributed by atoms with Crippen LogP contribution in [0, 0.1) is 13.8 Å². The average Bonchev–Trinajstić information content (AvgIpc) is 3.33. The molecule has 7 rings (SSSR count). The summed E-state index contributed by atoms with van der Waals surface area (Å²) in [5.41, 5.74) is 10.1. The van der Waals surface area contributed by atoms with Crippen molar-refractivity contribution in [2.45, 2.75) is 32.2 Å². The molecule has 0 fully saturated rings. The summed E-state index contributed by atoms with van der Waals surface area (Å²) < 4.78 is 2.39. The molecule has 0 radical (unpaired) electrons. The zero-order valence-corrected chi connectivity index (χ0v) is 20.4. The third-order valence-corrected chi connectivity index (χ3v) is 7.91. The Morgan fingerprint density at radius 2 is 1.40 bits per heavy atom. The molecular weight excluding hydrogens is 424 g/mol. The molecule has 4 aromatic carbocycles. The fourth-order valence-corrected chi connectivity index (χ4v) is 6.28. The molecule has 35 heavy (non-hydrogen) atoms. The molecule has 0 saturated carbocycles. The Morgan fingerprint density at radius 1 is 0.686 bits per heavy atom. The van der Waals surface area contributed by atoms with Crippen LogP contribution in [0.25, 0.3) is 27.5 Å². The Hall–Kier alpha value is -4.04. The Balaban J connectivity index is 1.39. The molecule has 1 aliphatic carbocycles. The second-order valence-electron chi connectivity index (χ2n) is 10.2. The quantitative estimate of drug-likeness (QED) is 0.261. The molecule has 2 nitrogen and oxygen atoms in total. The predicted octanol–water partition coefficient (Wildman–Crippen LogP) is 8.52. The standard InChI is InChI=1S/C33H28N2/c1-22-11-17-31-27(20-22)26-8-4-5-10-30(26)34(31)24-13-15-25(16-14-24)35-32-18-12-23(2)21-28(32)29-9-6-7-19-33(29,35)3/h4-21,29H,1-3H3. The Labute approximate surface area is 206 Å². The van der Waals surface area contributed by atoms with Crippen molar-refractivity contribution in [3.8, 4) is 5.69 Å². The van der Waals surface area contributed by atoms with Crippen LogP contribution in [0.4, 0.5) is 11.4 Å². The number of rotatable bonds is 2. The first-order valence-corrected chi connectivity index (χ1v) is 12.4. The van der Waals surface area contributed by atoms with Crippen molar-refractivity contribution < 1.29 is 0 Å². The number of hydrogen-bond donors (Lipinski definition) is 0. The van der Waals surface area contributed by atoms with Gasteiger partial charge in [-0.1, -0.05) is 71.8 Å². The highest BCUT2D eigenvalue weighted by Gasteiger charge is 2.46. The monoisotopic (exact) mass is 452 g/mol. The summed E-state index contributed by atoms with van der Waals surface area (Å²) in [5.74, 6) is 0.350. The van der Waals surface area contributed by atoms with E-state index in [0.29, 0.717) is 5.92 Å². The van der Waals surface area contributed by atoms with E-state index in [4.69, 9.17) is 0 Å². The molecular formula is C33H28N2. The van der Waals surface area contributed by atoms with E-state index >= 15 is 0 Å². The van der Waals surface area contributed by atoms with Gasteiger partial charge in [-0.2, -0.15) is 0 Å². The molecule has 1 aliphatic heterocycles. The smallest absolute Gasteiger partial charge is 0.0712 e. The minimum atomic E-state index is -0.114. The molecule has 170 valence electrons. The van der Waals surface area contributed by atoms with Crippen molar-refractivity contribution in [2.75, 3.05) is 4.90 Å². The summed E-state index contributed by atoms with van der Waals surface area (Å²) in [7, 11) is 0. The van der Waals surface area contributed by atoms with Gasteiger partial charge in [0, 0.05) is 33.8 Å². The molecule has 0 spiro atoms. The van der Waals surface area contributed by atoms with Crippen molar-refractivity contribution in [3.05, 3.63) is 126 Å². The van der Waals surface area contributed by atoms with Gasteiger partial charge in [0.2, 0.25) is 0 Å². The number of nitrogens with zero attached hydrogens (tertiary/aromatic N) is 2. The van der Waals surface area contributed by atoms with Crippen LogP contribution < -0.4 is 4.90 Å². The summed E-state index contributed by atoms with van der Waals surface area (Å²) in [5, 5.41) is 2.61. The average molecular weight is 453 g/mol. The molecule has 2 unspecified atom stereocenters. The Bertz CT molecular complexity index is 1680. The number of benzene rings is 4. The fourth-order valence-electron chi connectivity index (χ4n) is 6.28. The largest absolute Gasteiger partial charge is 0.331 e. The van der Waals surface area contributed by atoms with Crippen LogP contribution in [0.2, 0.25) is 0 Å². The second kappa shape index (κ2) is 7.23. The molecule has 2 aliphatic rings. The molecule has 0 N–H and O–H groups in total. The van der Waals surface area contributed by atoms with E-state index in [-0.39, 0.29) is 5.54 Å². The molecule has 0 saturated heterocycles. The van der Waals surface area contributed by atoms with Crippen molar-refractivity contribution in [1.82, 2.24) is 4.57 Å². The van der Waals surface area contributed by atoms with Gasteiger partial charge in [0.05, 0.1) is 16.6 Å². The zero-order chi connectivity index (χ0) is 23.7. The summed E-state index contributed by atoms with van der Waals surface area (Å²) >= 11 is 0. The first kappa shape index (κ1) is 20.3. The van der Waals surface area contributed by atoms with Crippen LogP contribution in [0.5, 0.6) is 0 Å². The summed E-state index contributed by atoms with van der Waals surface area (Å²) in [6.07, 6.45) is 9.09. The lowest BCUT2D eigenvalue weighted by atomic mass is 9.80. The summed E-state index contributed by atoms with van der Waals surface area (Å²) in [6, 6.07) is 31.5. The SMILES string of the molecule is Cc1ccc2c(c1)C1C=CC=CC1(C)N2c1ccc(-n2c3ccccc3c3cc(C)ccc32)cc1. The van der Waals surface area contributed by atoms with Gasteiger partial charge in [-0.05, 0) is 74.9 Å². The topological polar surface area (TPSA) is 8.17 Å². The predicted molar refractivity (Wildman–Crippen MR) is 148 cm³/mol. The molecule has 2 atom stereocenters. The first-order chi connectivity index (χ1) is 17.0. The van der Waals surface area contributed by atoms with Crippen LogP contribution in [-0.2, 0) is 0 Å². The number of fused-ring (bicyclic) bond motifs is 6. The van der Waals surface area contributed by atoms with Gasteiger partial charge in [0.15, 0.2) is 0 Å². The lowest BCUT2D eigenvalue weighted by molar-refractivity contribution is 0.542. The maximum Gasteiger partial charge on any atom is 0.0712 e. The minimum Gasteiger partial charge on any atom is -0.331 e. The number of aryl methyl sites for hydroxylation is 2. The molecule has 0 amide bonds. The van der Waals surface area contributed by atoms with Gasteiger partial charge in [0.1, 0.15) is 0 Å². The summed E-state index contributed by atoms with van der Waals surface area (Å²) in [6.45, 7) is 6.71. The van der Waals surface area contributed by atoms with Crippen molar-refractivity contribution in [2.24, 2.45) is 0 Å². The third-order valence-electron chi connectivity index (χ3n) is 7.91. The minimum absolute atomic E-state index is 0.114. The third kappa shape index (κ3) is 2.83. The normalized spacial score (nSPS) is 20.5. The van der Waals surface area contributed by atoms with E-state index in [1.54, 1.807) is 0 Å². The number of para-hydroxylation sites is 1. The van der Waals surface area contributed by atoms with E-state index in [9.17, 15) is 0 Å². The second-order valence-corrected chi connectivity index (χ2v) is 10.2. The van der Waals surface area contributed by atoms with Crippen LogP contribution in [0.3, 0.4) is 0 Å². The number of anilines is 2. The molecule has 5 aromatic rings. The van der Waals surface area contributed by atoms with Crippen LogP contribution in [0.1, 0.15) is 29.5 Å². The molecule has 1 aromatic heterocycles. The van der Waals surface area contributed by atoms with Crippen molar-refractivity contribution in [3.63, 3.8) is 0 Å². The van der Waals surface area contributed by atoms with Crippen molar-refractivity contribution in [1.29, 1.82) is 0 Å². The highest BCUT2D eigenvalue weighted by molar-refractivity contribution is 6.09. The van der Waals surface area contributed by atoms with E-state index in [1.165, 1.54) is 55.6 Å². The number of aromatic nitrogens is 1. The Kier molecular flexibility index (Phi) is 4.20. The van der Waals surface area contributed by atoms with Gasteiger partial charge >= 0.3 is 0 Å². The fraction of sp³-hybridized carbons (Fsp3) is 0.152. The maximum absolute atomic E-state index is 2.52. The van der Waals surface area contributed by atoms with Gasteiger partial charge in [-0.15, -0.1) is 0 Å². The molecule has 2 heteroatoms. The van der Waals surface area contributed by atoms with Gasteiger partial charge in [-0.3, -0.25) is 0 Å². The summed E-state index contributed by atoms with van der Waals surface area (Å²) in [4.78, 5) is 2.52. The van der Waals surface area contributed by atoms with Gasteiger partial charge < -0.3 is 9.47 Å². The van der Waals surface area contributed by atoms with Crippen LogP contribution >= 0.6 is 0 Å². The highest BCUT2D eigenvalue weighted by atomic mass is 15.2. The first-order valence-electron chi connectivity index (χ1n) is 12.4. The van der Waals surface area contributed by atoms with Crippen LogP contribution in [-0.4, -0.2) is 10.1 Å². The molecule has 0 bridgehead atoms. The lowest BCUT2D eigenvalue weighted by Crippen LogP contribution is -2.41. The Morgan fingerprint density at radius 3 is 2.26 bits per heavy atom. The zero-order valence-electron chi connectivity index (χ0n) is 20.4. The molecule has 2 heterocycles. The van der Waals surface area contributed by atoms with E-state index in [1.807, 2.05) is 0 Å². The van der Waals surface area contributed by atoms with Crippen molar-refractivity contribution >= 4 is 33.2 Å².